The van der Waals surface area contributed by atoms with Crippen LogP contribution < -0.4 is 29.6 Å². The van der Waals surface area contributed by atoms with E-state index in [9.17, 15) is 9.59 Å². The number of methoxy groups -OCH3 is 4. The number of ether oxygens (including phenoxy) is 4. The molecular formula is C18H18Cl2N2O6. The van der Waals surface area contributed by atoms with E-state index in [1.54, 1.807) is 0 Å². The highest BCUT2D eigenvalue weighted by atomic mass is 35.5. The topological polar surface area (TPSA) is 95.1 Å². The highest BCUT2D eigenvalue weighted by Crippen LogP contribution is 2.37. The van der Waals surface area contributed by atoms with Crippen LogP contribution in [0.25, 0.3) is 0 Å². The number of amides is 2. The second-order valence-electron chi connectivity index (χ2n) is 5.28. The van der Waals surface area contributed by atoms with Gasteiger partial charge in [-0.1, -0.05) is 23.2 Å². The Kier molecular flexibility index (Phi) is 7.19. The monoisotopic (exact) mass is 428 g/mol. The van der Waals surface area contributed by atoms with E-state index in [-0.39, 0.29) is 22.9 Å². The van der Waals surface area contributed by atoms with Crippen molar-refractivity contribution in [1.29, 1.82) is 0 Å². The van der Waals surface area contributed by atoms with E-state index in [0.717, 1.165) is 0 Å². The second kappa shape index (κ2) is 9.38. The Hall–Kier alpha value is -2.84. The van der Waals surface area contributed by atoms with Crippen LogP contribution in [0.4, 0.5) is 11.4 Å². The van der Waals surface area contributed by atoms with Crippen LogP contribution in [-0.2, 0) is 9.59 Å². The van der Waals surface area contributed by atoms with Gasteiger partial charge in [0.25, 0.3) is 0 Å². The first kappa shape index (κ1) is 21.5. The number of hydrogen-bond acceptors (Lipinski definition) is 6. The van der Waals surface area contributed by atoms with Gasteiger partial charge in [-0.3, -0.25) is 9.59 Å². The fourth-order valence-corrected chi connectivity index (χ4v) is 2.74. The lowest BCUT2D eigenvalue weighted by Gasteiger charge is -2.14. The van der Waals surface area contributed by atoms with Gasteiger partial charge >= 0.3 is 11.8 Å². The number of anilines is 2. The van der Waals surface area contributed by atoms with Crippen LogP contribution in [-0.4, -0.2) is 40.3 Å². The maximum atomic E-state index is 12.3. The zero-order valence-corrected chi connectivity index (χ0v) is 17.0. The summed E-state index contributed by atoms with van der Waals surface area (Å²) in [7, 11) is 5.65. The van der Waals surface area contributed by atoms with Gasteiger partial charge in [0.1, 0.15) is 23.0 Å². The van der Waals surface area contributed by atoms with Gasteiger partial charge in [0, 0.05) is 24.3 Å². The predicted octanol–water partition coefficient (Wildman–Crippen LogP) is 3.61. The van der Waals surface area contributed by atoms with Crippen LogP contribution in [0.15, 0.2) is 24.3 Å². The molecule has 2 amide bonds. The van der Waals surface area contributed by atoms with Gasteiger partial charge in [0.05, 0.1) is 49.9 Å². The van der Waals surface area contributed by atoms with Gasteiger partial charge in [0.2, 0.25) is 0 Å². The van der Waals surface area contributed by atoms with E-state index in [1.807, 2.05) is 0 Å². The third-order valence-electron chi connectivity index (χ3n) is 3.65. The normalized spacial score (nSPS) is 10.1. The Morgan fingerprint density at radius 3 is 1.25 bits per heavy atom. The summed E-state index contributed by atoms with van der Waals surface area (Å²) >= 11 is 12.1. The van der Waals surface area contributed by atoms with Gasteiger partial charge in [-0.25, -0.2) is 0 Å². The molecule has 2 N–H and O–H groups in total. The minimum atomic E-state index is -0.946. The van der Waals surface area contributed by atoms with Crippen LogP contribution in [0.5, 0.6) is 23.0 Å². The first-order valence-corrected chi connectivity index (χ1v) is 8.55. The van der Waals surface area contributed by atoms with Crippen molar-refractivity contribution >= 4 is 46.4 Å². The molecule has 10 heteroatoms. The third-order valence-corrected chi connectivity index (χ3v) is 4.24. The van der Waals surface area contributed by atoms with E-state index < -0.39 is 11.8 Å². The van der Waals surface area contributed by atoms with Crippen molar-refractivity contribution in [1.82, 2.24) is 0 Å². The molecule has 28 heavy (non-hydrogen) atoms. The molecule has 0 unspecified atom stereocenters. The average molecular weight is 429 g/mol. The van der Waals surface area contributed by atoms with E-state index in [2.05, 4.69) is 10.6 Å². The Bertz CT molecular complexity index is 831. The fourth-order valence-electron chi connectivity index (χ4n) is 2.27. The summed E-state index contributed by atoms with van der Waals surface area (Å²) in [5.41, 5.74) is 0.425. The van der Waals surface area contributed by atoms with E-state index in [1.165, 1.54) is 52.7 Å². The second-order valence-corrected chi connectivity index (χ2v) is 6.10. The molecule has 0 atom stereocenters. The summed E-state index contributed by atoms with van der Waals surface area (Å²) in [5, 5.41) is 5.48. The van der Waals surface area contributed by atoms with Crippen molar-refractivity contribution in [2.45, 2.75) is 0 Å². The lowest BCUT2D eigenvalue weighted by Crippen LogP contribution is -2.29. The van der Waals surface area contributed by atoms with Gasteiger partial charge in [0.15, 0.2) is 0 Å². The van der Waals surface area contributed by atoms with Crippen LogP contribution in [0.3, 0.4) is 0 Å². The Morgan fingerprint density at radius 2 is 0.964 bits per heavy atom. The largest absolute Gasteiger partial charge is 0.495 e. The van der Waals surface area contributed by atoms with Crippen molar-refractivity contribution in [3.8, 4) is 23.0 Å². The summed E-state index contributed by atoms with van der Waals surface area (Å²) in [5.74, 6) is -0.753. The zero-order chi connectivity index (χ0) is 20.8. The molecule has 0 aliphatic rings. The van der Waals surface area contributed by atoms with Gasteiger partial charge < -0.3 is 29.6 Å². The SMILES string of the molecule is COc1cc(NC(=O)C(=O)Nc2cc(OC)c(Cl)cc2OC)c(OC)cc1Cl. The molecule has 2 aromatic rings. The van der Waals surface area contributed by atoms with Crippen molar-refractivity contribution < 1.29 is 28.5 Å². The molecule has 2 rings (SSSR count). The molecule has 0 fully saturated rings. The van der Waals surface area contributed by atoms with E-state index in [4.69, 9.17) is 42.1 Å². The lowest BCUT2D eigenvalue weighted by atomic mass is 10.2. The van der Waals surface area contributed by atoms with Crippen LogP contribution in [0.2, 0.25) is 10.0 Å². The highest BCUT2D eigenvalue weighted by molar-refractivity contribution is 6.44. The number of hydrogen-bond donors (Lipinski definition) is 2. The van der Waals surface area contributed by atoms with Crippen molar-refractivity contribution in [3.63, 3.8) is 0 Å². The first-order valence-electron chi connectivity index (χ1n) is 7.80. The molecule has 8 nitrogen and oxygen atoms in total. The molecule has 150 valence electrons. The maximum absolute atomic E-state index is 12.3. The van der Waals surface area contributed by atoms with Crippen LogP contribution in [0.1, 0.15) is 0 Å². The van der Waals surface area contributed by atoms with Crippen LogP contribution >= 0.6 is 23.2 Å². The molecule has 0 bridgehead atoms. The summed E-state index contributed by atoms with van der Waals surface area (Å²) < 4.78 is 20.5. The maximum Gasteiger partial charge on any atom is 0.314 e. The molecule has 0 saturated heterocycles. The first-order chi connectivity index (χ1) is 13.3. The number of carbonyl (C=O) groups excluding carboxylic acids is 2. The van der Waals surface area contributed by atoms with Crippen molar-refractivity contribution in [3.05, 3.63) is 34.3 Å². The summed E-state index contributed by atoms with van der Waals surface area (Å²) in [6, 6.07) is 5.80. The zero-order valence-electron chi connectivity index (χ0n) is 15.5. The van der Waals surface area contributed by atoms with Crippen molar-refractivity contribution in [2.75, 3.05) is 39.1 Å². The summed E-state index contributed by atoms with van der Waals surface area (Å²) in [6.07, 6.45) is 0. The number of nitrogens with one attached hydrogen (secondary N) is 2. The highest BCUT2D eigenvalue weighted by Gasteiger charge is 2.20. The summed E-state index contributed by atoms with van der Waals surface area (Å²) in [6.45, 7) is 0. The van der Waals surface area contributed by atoms with Crippen LogP contribution in [0, 0.1) is 0 Å². The molecule has 0 aromatic heterocycles. The Morgan fingerprint density at radius 1 is 0.643 bits per heavy atom. The molecule has 2 aromatic carbocycles. The molecule has 0 aliphatic carbocycles. The van der Waals surface area contributed by atoms with Gasteiger partial charge in [-0.2, -0.15) is 0 Å². The Labute approximate surface area is 171 Å². The predicted molar refractivity (Wildman–Crippen MR) is 106 cm³/mol. The molecule has 0 spiro atoms. The van der Waals surface area contributed by atoms with Gasteiger partial charge in [-0.05, 0) is 0 Å². The number of rotatable bonds is 6. The van der Waals surface area contributed by atoms with Gasteiger partial charge in [-0.15, -0.1) is 0 Å². The molecule has 0 aliphatic heterocycles. The van der Waals surface area contributed by atoms with E-state index in [0.29, 0.717) is 21.5 Å². The Balaban J connectivity index is 2.24. The minimum absolute atomic E-state index is 0.213. The number of carbonyl (C=O) groups is 2. The average Bonchev–Trinajstić information content (AvgIpc) is 2.69. The third kappa shape index (κ3) is 4.71. The van der Waals surface area contributed by atoms with E-state index >= 15 is 0 Å². The molecule has 0 saturated carbocycles. The standard InChI is InChI=1S/C18H18Cl2N2O6/c1-25-13-7-11(15(27-3)5-9(13)19)21-17(23)18(24)22-12-8-14(26-2)10(20)6-16(12)28-4/h5-8H,1-4H3,(H,21,23)(H,22,24). The fraction of sp³-hybridized carbons (Fsp3) is 0.222. The smallest absolute Gasteiger partial charge is 0.314 e. The summed E-state index contributed by atoms with van der Waals surface area (Å²) in [4.78, 5) is 24.7. The van der Waals surface area contributed by atoms with Crippen molar-refractivity contribution in [2.24, 2.45) is 0 Å². The molecular weight excluding hydrogens is 411 g/mol. The number of benzene rings is 2. The minimum Gasteiger partial charge on any atom is -0.495 e. The molecule has 0 heterocycles. The lowest BCUT2D eigenvalue weighted by molar-refractivity contribution is -0.133. The number of halogens is 2. The quantitative estimate of drug-likeness (QED) is 0.682. The molecule has 0 radical (unpaired) electrons.